The second-order valence-electron chi connectivity index (χ2n) is 3.52. The lowest BCUT2D eigenvalue weighted by atomic mass is 10.2. The smallest absolute Gasteiger partial charge is 0.145 e. The number of nitrogens with two attached hydrogens (primary N) is 1. The van der Waals surface area contributed by atoms with Crippen molar-refractivity contribution >= 4 is 11.6 Å². The van der Waals surface area contributed by atoms with E-state index in [-0.39, 0.29) is 6.54 Å². The maximum absolute atomic E-state index is 13.4. The lowest BCUT2D eigenvalue weighted by molar-refractivity contribution is 0.574. The summed E-state index contributed by atoms with van der Waals surface area (Å²) in [7, 11) is 0. The number of anilines is 2. The van der Waals surface area contributed by atoms with Crippen molar-refractivity contribution in [3.63, 3.8) is 0 Å². The summed E-state index contributed by atoms with van der Waals surface area (Å²) in [5.41, 5.74) is 2.71. The quantitative estimate of drug-likeness (QED) is 0.569. The SMILES string of the molecule is NNc1cc(NCc2ccc(F)cc2F)ncn1. The van der Waals surface area contributed by atoms with Gasteiger partial charge < -0.3 is 10.7 Å². The molecule has 1 aromatic heterocycles. The topological polar surface area (TPSA) is 75.9 Å². The third kappa shape index (κ3) is 2.89. The highest BCUT2D eigenvalue weighted by Crippen LogP contribution is 2.12. The van der Waals surface area contributed by atoms with Crippen molar-refractivity contribution < 1.29 is 8.78 Å². The summed E-state index contributed by atoms with van der Waals surface area (Å²) in [6.45, 7) is 0.188. The Morgan fingerprint density at radius 2 is 1.89 bits per heavy atom. The van der Waals surface area contributed by atoms with E-state index in [1.807, 2.05) is 0 Å². The molecule has 0 radical (unpaired) electrons. The zero-order valence-corrected chi connectivity index (χ0v) is 9.32. The minimum Gasteiger partial charge on any atom is -0.366 e. The van der Waals surface area contributed by atoms with Crippen LogP contribution >= 0.6 is 0 Å². The van der Waals surface area contributed by atoms with Gasteiger partial charge in [-0.3, -0.25) is 0 Å². The van der Waals surface area contributed by atoms with Gasteiger partial charge in [-0.1, -0.05) is 6.07 Å². The van der Waals surface area contributed by atoms with E-state index >= 15 is 0 Å². The van der Waals surface area contributed by atoms with E-state index in [0.717, 1.165) is 6.07 Å². The monoisotopic (exact) mass is 251 g/mol. The lowest BCUT2D eigenvalue weighted by Gasteiger charge is -2.07. The summed E-state index contributed by atoms with van der Waals surface area (Å²) in [5, 5.41) is 2.89. The standard InChI is InChI=1S/C11H11F2N5/c12-8-2-1-7(9(13)3-8)5-15-10-4-11(18-14)17-6-16-10/h1-4,6H,5,14H2,(H2,15,16,17,18). The molecule has 0 aliphatic rings. The Hall–Kier alpha value is -2.28. The number of benzene rings is 1. The Morgan fingerprint density at radius 3 is 2.61 bits per heavy atom. The van der Waals surface area contributed by atoms with Crippen molar-refractivity contribution in [2.24, 2.45) is 5.84 Å². The predicted molar refractivity (Wildman–Crippen MR) is 63.5 cm³/mol. The molecule has 0 amide bonds. The van der Waals surface area contributed by atoms with Crippen LogP contribution in [0.2, 0.25) is 0 Å². The number of hydrazine groups is 1. The fourth-order valence-electron chi connectivity index (χ4n) is 1.38. The zero-order valence-electron chi connectivity index (χ0n) is 9.32. The van der Waals surface area contributed by atoms with E-state index < -0.39 is 11.6 Å². The van der Waals surface area contributed by atoms with Crippen molar-refractivity contribution in [2.45, 2.75) is 6.54 Å². The Bertz CT molecular complexity index is 547. The Labute approximate surface area is 102 Å². The van der Waals surface area contributed by atoms with Gasteiger partial charge in [-0.15, -0.1) is 0 Å². The summed E-state index contributed by atoms with van der Waals surface area (Å²) >= 11 is 0. The van der Waals surface area contributed by atoms with Crippen LogP contribution in [0.15, 0.2) is 30.6 Å². The normalized spacial score (nSPS) is 10.2. The average molecular weight is 251 g/mol. The van der Waals surface area contributed by atoms with Crippen molar-refractivity contribution in [1.29, 1.82) is 0 Å². The van der Waals surface area contributed by atoms with Gasteiger partial charge in [0.2, 0.25) is 0 Å². The fourth-order valence-corrected chi connectivity index (χ4v) is 1.38. The molecule has 0 bridgehead atoms. The van der Waals surface area contributed by atoms with E-state index in [4.69, 9.17) is 5.84 Å². The minimum atomic E-state index is -0.604. The van der Waals surface area contributed by atoms with E-state index in [0.29, 0.717) is 17.2 Å². The summed E-state index contributed by atoms with van der Waals surface area (Å²) in [5.74, 6) is 4.91. The molecule has 1 aromatic carbocycles. The highest BCUT2D eigenvalue weighted by molar-refractivity contribution is 5.45. The van der Waals surface area contributed by atoms with E-state index in [9.17, 15) is 8.78 Å². The third-order valence-electron chi connectivity index (χ3n) is 2.29. The number of rotatable bonds is 4. The number of halogens is 2. The number of hydrogen-bond donors (Lipinski definition) is 3. The van der Waals surface area contributed by atoms with Crippen molar-refractivity contribution in [2.75, 3.05) is 10.7 Å². The molecule has 0 atom stereocenters. The maximum Gasteiger partial charge on any atom is 0.145 e. The average Bonchev–Trinajstić information content (AvgIpc) is 2.38. The van der Waals surface area contributed by atoms with Crippen LogP contribution in [-0.4, -0.2) is 9.97 Å². The number of nitrogens with zero attached hydrogens (tertiary/aromatic N) is 2. The first-order valence-electron chi connectivity index (χ1n) is 5.15. The van der Waals surface area contributed by atoms with Gasteiger partial charge in [-0.2, -0.15) is 0 Å². The minimum absolute atomic E-state index is 0.188. The van der Waals surface area contributed by atoms with Crippen LogP contribution in [0.5, 0.6) is 0 Å². The molecular weight excluding hydrogens is 240 g/mol. The summed E-state index contributed by atoms with van der Waals surface area (Å²) in [6, 6.07) is 4.99. The molecular formula is C11H11F2N5. The van der Waals surface area contributed by atoms with E-state index in [2.05, 4.69) is 20.7 Å². The zero-order chi connectivity index (χ0) is 13.0. The molecule has 1 heterocycles. The van der Waals surface area contributed by atoms with Gasteiger partial charge in [0.15, 0.2) is 0 Å². The molecule has 0 spiro atoms. The molecule has 0 unspecified atom stereocenters. The van der Waals surface area contributed by atoms with Crippen LogP contribution in [0.3, 0.4) is 0 Å². The highest BCUT2D eigenvalue weighted by atomic mass is 19.1. The molecule has 2 aromatic rings. The van der Waals surface area contributed by atoms with Crippen molar-refractivity contribution in [3.05, 3.63) is 47.8 Å². The number of hydrogen-bond acceptors (Lipinski definition) is 5. The molecule has 7 heteroatoms. The Balaban J connectivity index is 2.06. The Kier molecular flexibility index (Phi) is 3.63. The molecule has 0 saturated heterocycles. The molecule has 5 nitrogen and oxygen atoms in total. The molecule has 2 rings (SSSR count). The number of aromatic nitrogens is 2. The van der Waals surface area contributed by atoms with Gasteiger partial charge in [-0.05, 0) is 6.07 Å². The first-order valence-corrected chi connectivity index (χ1v) is 5.15. The lowest BCUT2D eigenvalue weighted by Crippen LogP contribution is -2.10. The molecule has 18 heavy (non-hydrogen) atoms. The van der Waals surface area contributed by atoms with Gasteiger partial charge in [0.25, 0.3) is 0 Å². The van der Waals surface area contributed by atoms with Crippen LogP contribution in [0.4, 0.5) is 20.4 Å². The van der Waals surface area contributed by atoms with Gasteiger partial charge in [0.05, 0.1) is 0 Å². The Morgan fingerprint density at radius 1 is 1.11 bits per heavy atom. The molecule has 0 aliphatic carbocycles. The largest absolute Gasteiger partial charge is 0.366 e. The van der Waals surface area contributed by atoms with E-state index in [1.54, 1.807) is 6.07 Å². The van der Waals surface area contributed by atoms with Crippen LogP contribution in [0.25, 0.3) is 0 Å². The van der Waals surface area contributed by atoms with Gasteiger partial charge in [0.1, 0.15) is 29.6 Å². The fraction of sp³-hybridized carbons (Fsp3) is 0.0909. The number of nitrogen functional groups attached to an aromatic ring is 1. The second-order valence-corrected chi connectivity index (χ2v) is 3.52. The molecule has 0 saturated carbocycles. The summed E-state index contributed by atoms with van der Waals surface area (Å²) < 4.78 is 26.1. The first kappa shape index (κ1) is 12.2. The van der Waals surface area contributed by atoms with Crippen LogP contribution in [-0.2, 0) is 6.54 Å². The first-order chi connectivity index (χ1) is 8.69. The van der Waals surface area contributed by atoms with Crippen molar-refractivity contribution in [1.82, 2.24) is 9.97 Å². The van der Waals surface area contributed by atoms with E-state index in [1.165, 1.54) is 18.5 Å². The van der Waals surface area contributed by atoms with Crippen LogP contribution in [0.1, 0.15) is 5.56 Å². The van der Waals surface area contributed by atoms with Gasteiger partial charge >= 0.3 is 0 Å². The van der Waals surface area contributed by atoms with Crippen LogP contribution < -0.4 is 16.6 Å². The maximum atomic E-state index is 13.4. The second kappa shape index (κ2) is 5.37. The van der Waals surface area contributed by atoms with Gasteiger partial charge in [0, 0.05) is 24.2 Å². The predicted octanol–water partition coefficient (Wildman–Crippen LogP) is 1.65. The third-order valence-corrected chi connectivity index (χ3v) is 2.29. The molecule has 0 fully saturated rings. The summed E-state index contributed by atoms with van der Waals surface area (Å²) in [4.78, 5) is 7.77. The highest BCUT2D eigenvalue weighted by Gasteiger charge is 2.04. The van der Waals surface area contributed by atoms with Crippen LogP contribution in [0, 0.1) is 11.6 Å². The summed E-state index contributed by atoms with van der Waals surface area (Å²) in [6.07, 6.45) is 1.32. The molecule has 0 aliphatic heterocycles. The number of nitrogens with one attached hydrogen (secondary N) is 2. The van der Waals surface area contributed by atoms with Gasteiger partial charge in [-0.25, -0.2) is 24.6 Å². The van der Waals surface area contributed by atoms with Crippen molar-refractivity contribution in [3.8, 4) is 0 Å². The molecule has 4 N–H and O–H groups in total. The molecule has 94 valence electrons.